The highest BCUT2D eigenvalue weighted by Crippen LogP contribution is 2.38. The summed E-state index contributed by atoms with van der Waals surface area (Å²) in [6, 6.07) is 14.7. The Kier molecular flexibility index (Phi) is 9.18. The molecule has 0 spiro atoms. The molecule has 0 heterocycles. The molecule has 190 valence electrons. The van der Waals surface area contributed by atoms with Gasteiger partial charge in [0.05, 0.1) is 28.8 Å². The molecule has 0 bridgehead atoms. The lowest BCUT2D eigenvalue weighted by atomic mass is 10.1. The summed E-state index contributed by atoms with van der Waals surface area (Å²) in [5.74, 6) is -0.180. The number of non-ortho nitro benzene ring substituents is 1. The predicted octanol–water partition coefficient (Wildman–Crippen LogP) is 6.03. The zero-order chi connectivity index (χ0) is 26.9. The van der Waals surface area contributed by atoms with Crippen molar-refractivity contribution in [3.8, 4) is 23.3 Å². The van der Waals surface area contributed by atoms with Crippen LogP contribution in [0.1, 0.15) is 18.1 Å². The third-order valence-electron chi connectivity index (χ3n) is 4.95. The number of hydrogen-bond donors (Lipinski definition) is 1. The second-order valence-electron chi connectivity index (χ2n) is 7.44. The summed E-state index contributed by atoms with van der Waals surface area (Å²) in [5.41, 5.74) is 0.744. The van der Waals surface area contributed by atoms with E-state index in [2.05, 4.69) is 21.2 Å². The fourth-order valence-corrected chi connectivity index (χ4v) is 3.80. The quantitative estimate of drug-likeness (QED) is 0.137. The van der Waals surface area contributed by atoms with Crippen LogP contribution in [-0.4, -0.2) is 24.5 Å². The van der Waals surface area contributed by atoms with Crippen molar-refractivity contribution in [3.05, 3.63) is 91.7 Å². The number of methoxy groups -OCH3 is 1. The SMILES string of the molecule is CCOc1cc(/C=C(\C#N)C(=O)Nc2cc([N+](=O)[O-])ccc2OC)cc(Br)c1OCc1ccc(F)cc1. The molecule has 0 radical (unpaired) electrons. The number of halogens is 2. The molecule has 3 rings (SSSR count). The van der Waals surface area contributed by atoms with Crippen LogP contribution in [0, 0.1) is 27.3 Å². The number of ether oxygens (including phenoxy) is 3. The molecule has 0 saturated heterocycles. The highest BCUT2D eigenvalue weighted by atomic mass is 79.9. The minimum Gasteiger partial charge on any atom is -0.495 e. The van der Waals surface area contributed by atoms with Gasteiger partial charge in [-0.1, -0.05) is 12.1 Å². The highest BCUT2D eigenvalue weighted by molar-refractivity contribution is 9.10. The van der Waals surface area contributed by atoms with Gasteiger partial charge in [-0.25, -0.2) is 4.39 Å². The summed E-state index contributed by atoms with van der Waals surface area (Å²) in [4.78, 5) is 23.3. The number of rotatable bonds is 10. The smallest absolute Gasteiger partial charge is 0.271 e. The maximum Gasteiger partial charge on any atom is 0.271 e. The van der Waals surface area contributed by atoms with E-state index in [1.54, 1.807) is 31.2 Å². The minimum absolute atomic E-state index is 0.0450. The molecule has 0 fully saturated rings. The normalized spacial score (nSPS) is 10.8. The van der Waals surface area contributed by atoms with Crippen LogP contribution in [0.4, 0.5) is 15.8 Å². The Hall–Kier alpha value is -4.43. The Morgan fingerprint density at radius 2 is 1.89 bits per heavy atom. The van der Waals surface area contributed by atoms with E-state index in [1.165, 1.54) is 37.5 Å². The van der Waals surface area contributed by atoms with E-state index >= 15 is 0 Å². The van der Waals surface area contributed by atoms with Gasteiger partial charge < -0.3 is 19.5 Å². The van der Waals surface area contributed by atoms with E-state index in [1.807, 2.05) is 6.07 Å². The molecule has 1 N–H and O–H groups in total. The molecule has 3 aromatic rings. The lowest BCUT2D eigenvalue weighted by Gasteiger charge is -2.15. The van der Waals surface area contributed by atoms with Crippen molar-refractivity contribution in [1.29, 1.82) is 5.26 Å². The third-order valence-corrected chi connectivity index (χ3v) is 5.54. The number of carbonyl (C=O) groups is 1. The Bertz CT molecular complexity index is 1390. The molecule has 0 unspecified atom stereocenters. The maximum atomic E-state index is 13.2. The summed E-state index contributed by atoms with van der Waals surface area (Å²) < 4.78 is 30.4. The number of nitro groups is 1. The van der Waals surface area contributed by atoms with Gasteiger partial charge in [-0.15, -0.1) is 0 Å². The molecule has 0 atom stereocenters. The first-order chi connectivity index (χ1) is 17.7. The monoisotopic (exact) mass is 569 g/mol. The zero-order valence-corrected chi connectivity index (χ0v) is 21.4. The number of nitriles is 1. The summed E-state index contributed by atoms with van der Waals surface area (Å²) in [6.45, 7) is 2.27. The van der Waals surface area contributed by atoms with Crippen molar-refractivity contribution < 1.29 is 28.3 Å². The van der Waals surface area contributed by atoms with Crippen LogP contribution >= 0.6 is 15.9 Å². The summed E-state index contributed by atoms with van der Waals surface area (Å²) >= 11 is 3.44. The van der Waals surface area contributed by atoms with Crippen molar-refractivity contribution in [2.75, 3.05) is 19.0 Å². The summed E-state index contributed by atoms with van der Waals surface area (Å²) in [6.07, 6.45) is 1.34. The third kappa shape index (κ3) is 7.05. The van der Waals surface area contributed by atoms with Gasteiger partial charge in [0.25, 0.3) is 11.6 Å². The first-order valence-electron chi connectivity index (χ1n) is 10.8. The van der Waals surface area contributed by atoms with Crippen LogP contribution in [0.5, 0.6) is 17.2 Å². The van der Waals surface area contributed by atoms with Crippen LogP contribution in [0.15, 0.2) is 64.6 Å². The first kappa shape index (κ1) is 27.2. The van der Waals surface area contributed by atoms with Gasteiger partial charge in [0, 0.05) is 12.1 Å². The molecule has 0 aromatic heterocycles. The number of hydrogen-bond acceptors (Lipinski definition) is 7. The van der Waals surface area contributed by atoms with Gasteiger partial charge in [0.15, 0.2) is 11.5 Å². The van der Waals surface area contributed by atoms with Crippen molar-refractivity contribution in [3.63, 3.8) is 0 Å². The van der Waals surface area contributed by atoms with Crippen LogP contribution in [-0.2, 0) is 11.4 Å². The Morgan fingerprint density at radius 3 is 2.51 bits per heavy atom. The van der Waals surface area contributed by atoms with Crippen LogP contribution in [0.25, 0.3) is 6.08 Å². The van der Waals surface area contributed by atoms with Gasteiger partial charge >= 0.3 is 0 Å². The van der Waals surface area contributed by atoms with Gasteiger partial charge in [0.2, 0.25) is 0 Å². The zero-order valence-electron chi connectivity index (χ0n) is 19.8. The van der Waals surface area contributed by atoms with Crippen molar-refractivity contribution in [2.24, 2.45) is 0 Å². The van der Waals surface area contributed by atoms with E-state index < -0.39 is 10.8 Å². The molecule has 11 heteroatoms. The average molecular weight is 570 g/mol. The summed E-state index contributed by atoms with van der Waals surface area (Å²) in [7, 11) is 1.35. The van der Waals surface area contributed by atoms with Crippen LogP contribution < -0.4 is 19.5 Å². The number of nitrogens with one attached hydrogen (secondary N) is 1. The number of nitrogens with zero attached hydrogens (tertiary/aromatic N) is 2. The summed E-state index contributed by atoms with van der Waals surface area (Å²) in [5, 5.41) is 23.2. The number of anilines is 1. The Labute approximate surface area is 220 Å². The van der Waals surface area contributed by atoms with E-state index in [4.69, 9.17) is 14.2 Å². The van der Waals surface area contributed by atoms with E-state index in [-0.39, 0.29) is 35.1 Å². The van der Waals surface area contributed by atoms with Crippen LogP contribution in [0.3, 0.4) is 0 Å². The molecule has 3 aromatic carbocycles. The Balaban J connectivity index is 1.88. The van der Waals surface area contributed by atoms with E-state index in [9.17, 15) is 24.6 Å². The van der Waals surface area contributed by atoms with Gasteiger partial charge in [0.1, 0.15) is 29.8 Å². The lowest BCUT2D eigenvalue weighted by molar-refractivity contribution is -0.384. The molecular weight excluding hydrogens is 549 g/mol. The first-order valence-corrected chi connectivity index (χ1v) is 11.6. The maximum absolute atomic E-state index is 13.2. The van der Waals surface area contributed by atoms with Crippen molar-refractivity contribution >= 4 is 39.3 Å². The van der Waals surface area contributed by atoms with Gasteiger partial charge in [-0.3, -0.25) is 14.9 Å². The Morgan fingerprint density at radius 1 is 1.16 bits per heavy atom. The van der Waals surface area contributed by atoms with E-state index in [0.717, 1.165) is 11.6 Å². The largest absolute Gasteiger partial charge is 0.495 e. The number of carbonyl (C=O) groups excluding carboxylic acids is 1. The average Bonchev–Trinajstić information content (AvgIpc) is 2.87. The van der Waals surface area contributed by atoms with Gasteiger partial charge in [-0.05, 0) is 70.4 Å². The molecule has 0 saturated carbocycles. The number of nitro benzene ring substituents is 1. The van der Waals surface area contributed by atoms with Crippen molar-refractivity contribution in [2.45, 2.75) is 13.5 Å². The van der Waals surface area contributed by atoms with E-state index in [0.29, 0.717) is 28.1 Å². The molecule has 1 amide bonds. The molecule has 0 aliphatic heterocycles. The second-order valence-corrected chi connectivity index (χ2v) is 8.30. The highest BCUT2D eigenvalue weighted by Gasteiger charge is 2.18. The standard InChI is InChI=1S/C26H21BrFN3O6/c1-3-36-24-12-17(11-21(27)25(24)37-15-16-4-6-19(28)7-5-16)10-18(14-29)26(32)30-22-13-20(31(33)34)8-9-23(22)35-2/h4-13H,3,15H2,1-2H3,(H,30,32)/b18-10+. The van der Waals surface area contributed by atoms with Crippen LogP contribution in [0.2, 0.25) is 0 Å². The fraction of sp³-hybridized carbons (Fsp3) is 0.154. The minimum atomic E-state index is -0.785. The number of amides is 1. The molecule has 0 aliphatic rings. The molecule has 9 nitrogen and oxygen atoms in total. The second kappa shape index (κ2) is 12.5. The van der Waals surface area contributed by atoms with Gasteiger partial charge in [-0.2, -0.15) is 5.26 Å². The fourth-order valence-electron chi connectivity index (χ4n) is 3.22. The number of benzene rings is 3. The lowest BCUT2D eigenvalue weighted by Crippen LogP contribution is -2.14. The topological polar surface area (TPSA) is 124 Å². The van der Waals surface area contributed by atoms with Crippen molar-refractivity contribution in [1.82, 2.24) is 0 Å². The predicted molar refractivity (Wildman–Crippen MR) is 138 cm³/mol. The molecule has 37 heavy (non-hydrogen) atoms. The molecule has 0 aliphatic carbocycles. The molecular formula is C26H21BrFN3O6.